The van der Waals surface area contributed by atoms with Crippen LogP contribution in [0.5, 0.6) is 0 Å². The van der Waals surface area contributed by atoms with Gasteiger partial charge in [-0.1, -0.05) is 0 Å². The fourth-order valence-corrected chi connectivity index (χ4v) is 0.107. The molecule has 0 unspecified atom stereocenters. The average Bonchev–Trinajstić information content (AvgIpc) is 1.62. The van der Waals surface area contributed by atoms with Gasteiger partial charge >= 0.3 is 12.3 Å². The largest absolute Gasteiger partial charge is 0.448 e. The van der Waals surface area contributed by atoms with Gasteiger partial charge in [-0.15, -0.1) is 0 Å². The minimum Gasteiger partial charge on any atom is -0.269 e. The van der Waals surface area contributed by atoms with E-state index in [1.807, 2.05) is 0 Å². The first-order valence-electron chi connectivity index (χ1n) is 1.63. The number of hydrogen-bond donors (Lipinski definition) is 0. The Bertz CT molecular complexity index is 128. The Morgan fingerprint density at radius 2 is 0.800 bits per heavy atom. The van der Waals surface area contributed by atoms with E-state index in [-0.39, 0.29) is 28.2 Å². The Labute approximate surface area is 74.1 Å². The SMILES string of the molecule is F.F.F.F.F.F.FC(F)=C(F)C(F)(F)F. The predicted octanol–water partition coefficient (Wildman–Crippen LogP) is 3.54. The summed E-state index contributed by atoms with van der Waals surface area (Å²) in [6, 6.07) is 0. The third kappa shape index (κ3) is 19.3. The van der Waals surface area contributed by atoms with Crippen molar-refractivity contribution in [2.75, 3.05) is 0 Å². The molecule has 0 heterocycles. The van der Waals surface area contributed by atoms with Crippen LogP contribution in [0, 0.1) is 0 Å². The van der Waals surface area contributed by atoms with Crippen molar-refractivity contribution in [3.63, 3.8) is 0 Å². The van der Waals surface area contributed by atoms with Gasteiger partial charge in [0.2, 0.25) is 0 Å². The van der Waals surface area contributed by atoms with Gasteiger partial charge in [-0.2, -0.15) is 26.3 Å². The normalized spacial score (nSPS) is 6.80. The molecule has 15 heavy (non-hydrogen) atoms. The fourth-order valence-electron chi connectivity index (χ4n) is 0.107. The summed E-state index contributed by atoms with van der Waals surface area (Å²) in [5.41, 5.74) is 0. The van der Waals surface area contributed by atoms with Crippen LogP contribution >= 0.6 is 0 Å². The summed E-state index contributed by atoms with van der Waals surface area (Å²) < 4.78 is 64.8. The molecule has 0 bridgehead atoms. The van der Waals surface area contributed by atoms with E-state index in [0.29, 0.717) is 0 Å². The summed E-state index contributed by atoms with van der Waals surface area (Å²) in [6.07, 6.45) is -8.90. The van der Waals surface area contributed by atoms with Gasteiger partial charge < -0.3 is 0 Å². The third-order valence-electron chi connectivity index (χ3n) is 0.415. The quantitative estimate of drug-likeness (QED) is 0.590. The molecule has 0 aliphatic rings. The summed E-state index contributed by atoms with van der Waals surface area (Å²) in [7, 11) is 0. The van der Waals surface area contributed by atoms with Crippen molar-refractivity contribution in [3.8, 4) is 0 Å². The van der Waals surface area contributed by atoms with E-state index >= 15 is 0 Å². The topological polar surface area (TPSA) is 0 Å². The van der Waals surface area contributed by atoms with E-state index in [1.165, 1.54) is 0 Å². The molecular formula is C3H6F12. The Hall–Kier alpha value is -1.10. The lowest BCUT2D eigenvalue weighted by atomic mass is 10.6. The lowest BCUT2D eigenvalue weighted by molar-refractivity contribution is -0.113. The molecule has 0 fully saturated rings. The van der Waals surface area contributed by atoms with Gasteiger partial charge in [0.05, 0.1) is 0 Å². The van der Waals surface area contributed by atoms with E-state index in [0.717, 1.165) is 0 Å². The molecule has 0 spiro atoms. The third-order valence-corrected chi connectivity index (χ3v) is 0.415. The Kier molecular flexibility index (Phi) is 49.8. The van der Waals surface area contributed by atoms with E-state index in [4.69, 9.17) is 0 Å². The number of rotatable bonds is 0. The van der Waals surface area contributed by atoms with Gasteiger partial charge in [-0.25, -0.2) is 0 Å². The van der Waals surface area contributed by atoms with Crippen molar-refractivity contribution < 1.29 is 54.6 Å². The van der Waals surface area contributed by atoms with Gasteiger partial charge in [-0.3, -0.25) is 28.2 Å². The lowest BCUT2D eigenvalue weighted by Crippen LogP contribution is -2.08. The van der Waals surface area contributed by atoms with Crippen molar-refractivity contribution >= 4 is 0 Å². The number of allylic oxidation sites excluding steroid dienone is 1. The summed E-state index contributed by atoms with van der Waals surface area (Å²) in [5.74, 6) is -3.33. The van der Waals surface area contributed by atoms with Crippen LogP contribution in [0.3, 0.4) is 0 Å². The van der Waals surface area contributed by atoms with Crippen molar-refractivity contribution in [2.24, 2.45) is 0 Å². The predicted molar refractivity (Wildman–Crippen MR) is 31.4 cm³/mol. The van der Waals surface area contributed by atoms with Crippen LogP contribution in [0.4, 0.5) is 54.6 Å². The minimum atomic E-state index is -5.56. The van der Waals surface area contributed by atoms with Crippen LogP contribution in [0.25, 0.3) is 0 Å². The second-order valence-corrected chi connectivity index (χ2v) is 1.07. The van der Waals surface area contributed by atoms with Gasteiger partial charge in [0, 0.05) is 0 Å². The molecule has 0 rings (SSSR count). The van der Waals surface area contributed by atoms with Crippen molar-refractivity contribution in [1.29, 1.82) is 0 Å². The maximum Gasteiger partial charge on any atom is 0.448 e. The molecule has 0 radical (unpaired) electrons. The van der Waals surface area contributed by atoms with Crippen LogP contribution in [0.15, 0.2) is 11.9 Å². The molecule has 102 valence electrons. The maximum atomic E-state index is 11.0. The van der Waals surface area contributed by atoms with Crippen LogP contribution in [0.2, 0.25) is 0 Å². The van der Waals surface area contributed by atoms with Gasteiger partial charge in [0.1, 0.15) is 0 Å². The summed E-state index contributed by atoms with van der Waals surface area (Å²) >= 11 is 0. The molecule has 0 atom stereocenters. The molecule has 0 aliphatic heterocycles. The smallest absolute Gasteiger partial charge is 0.269 e. The first-order valence-corrected chi connectivity index (χ1v) is 1.63. The Morgan fingerprint density at radius 1 is 0.600 bits per heavy atom. The first kappa shape index (κ1) is 48.6. The molecule has 0 nitrogen and oxygen atoms in total. The molecule has 0 aromatic rings. The molecule has 0 aromatic heterocycles. The monoisotopic (exact) mass is 270 g/mol. The molecule has 0 aliphatic carbocycles. The van der Waals surface area contributed by atoms with Gasteiger partial charge in [-0.05, 0) is 0 Å². The fraction of sp³-hybridized carbons (Fsp3) is 0.333. The zero-order valence-corrected chi connectivity index (χ0v) is 6.22. The van der Waals surface area contributed by atoms with Crippen molar-refractivity contribution in [3.05, 3.63) is 11.9 Å². The Morgan fingerprint density at radius 3 is 0.800 bits per heavy atom. The highest BCUT2D eigenvalue weighted by atomic mass is 19.4. The van der Waals surface area contributed by atoms with Gasteiger partial charge in [0.15, 0.2) is 0 Å². The summed E-state index contributed by atoms with van der Waals surface area (Å²) in [6.45, 7) is 0. The van der Waals surface area contributed by atoms with Gasteiger partial charge in [0.25, 0.3) is 5.83 Å². The first-order chi connectivity index (χ1) is 3.85. The second-order valence-electron chi connectivity index (χ2n) is 1.07. The lowest BCUT2D eigenvalue weighted by Gasteiger charge is -1.98. The molecule has 0 aromatic carbocycles. The minimum absolute atomic E-state index is 0. The van der Waals surface area contributed by atoms with Crippen LogP contribution < -0.4 is 0 Å². The highest BCUT2D eigenvalue weighted by Crippen LogP contribution is 2.29. The number of hydrogen-bond acceptors (Lipinski definition) is 0. The summed E-state index contributed by atoms with van der Waals surface area (Å²) in [4.78, 5) is 0. The van der Waals surface area contributed by atoms with Crippen molar-refractivity contribution in [1.82, 2.24) is 0 Å². The molecule has 0 saturated heterocycles. The summed E-state index contributed by atoms with van der Waals surface area (Å²) in [5, 5.41) is 0. The number of alkyl halides is 3. The van der Waals surface area contributed by atoms with E-state index in [9.17, 15) is 26.3 Å². The van der Waals surface area contributed by atoms with Crippen LogP contribution in [0.1, 0.15) is 0 Å². The highest BCUT2D eigenvalue weighted by molar-refractivity contribution is 4.98. The zero-order valence-electron chi connectivity index (χ0n) is 6.22. The standard InChI is InChI=1S/C3F6.6FH/c4-1(2(5)6)3(7,8)9;;;;;;/h;6*1H. The van der Waals surface area contributed by atoms with E-state index in [1.54, 1.807) is 0 Å². The van der Waals surface area contributed by atoms with Crippen molar-refractivity contribution in [2.45, 2.75) is 6.18 Å². The zero-order chi connectivity index (χ0) is 7.65. The maximum absolute atomic E-state index is 11.0. The molecule has 12 heteroatoms. The van der Waals surface area contributed by atoms with Crippen LogP contribution in [-0.2, 0) is 0 Å². The number of halogens is 12. The van der Waals surface area contributed by atoms with E-state index < -0.39 is 18.1 Å². The molecule has 0 amide bonds. The highest BCUT2D eigenvalue weighted by Gasteiger charge is 2.38. The molecular weight excluding hydrogens is 264 g/mol. The Balaban J connectivity index is -0.0000000213. The van der Waals surface area contributed by atoms with E-state index in [2.05, 4.69) is 0 Å². The average molecular weight is 270 g/mol. The molecule has 0 saturated carbocycles. The second kappa shape index (κ2) is 15.4. The van der Waals surface area contributed by atoms with Crippen LogP contribution in [-0.4, -0.2) is 6.18 Å². The molecule has 0 N–H and O–H groups in total.